The van der Waals surface area contributed by atoms with Crippen molar-refractivity contribution in [2.24, 2.45) is 0 Å². The molecule has 1 aromatic rings. The number of hydrogen-bond donors (Lipinski definition) is 0. The third-order valence-corrected chi connectivity index (χ3v) is 2.82. The van der Waals surface area contributed by atoms with Crippen molar-refractivity contribution in [1.82, 2.24) is 14.8 Å². The van der Waals surface area contributed by atoms with Gasteiger partial charge in [0.15, 0.2) is 5.16 Å². The van der Waals surface area contributed by atoms with Crippen molar-refractivity contribution < 1.29 is 0 Å². The van der Waals surface area contributed by atoms with Crippen molar-refractivity contribution in [3.8, 4) is 0 Å². The Kier molecular flexibility index (Phi) is 2.05. The van der Waals surface area contributed by atoms with E-state index in [0.29, 0.717) is 5.28 Å². The minimum absolute atomic E-state index is 0.370. The number of fused-ring (bicyclic) bond motifs is 1. The average molecular weight is 190 g/mol. The molecule has 0 saturated heterocycles. The topological polar surface area (TPSA) is 30.7 Å². The Hall–Kier alpha value is -0.220. The first-order valence-electron chi connectivity index (χ1n) is 3.59. The van der Waals surface area contributed by atoms with Crippen molar-refractivity contribution in [2.75, 3.05) is 5.75 Å². The molecule has 1 aromatic heterocycles. The highest BCUT2D eigenvalue weighted by molar-refractivity contribution is 7.99. The Labute approximate surface area is 74.1 Å². The van der Waals surface area contributed by atoms with Gasteiger partial charge in [-0.3, -0.25) is 0 Å². The fourth-order valence-corrected chi connectivity index (χ4v) is 2.27. The predicted octanol–water partition coefficient (Wildman–Crippen LogP) is 1.82. The Morgan fingerprint density at radius 1 is 1.45 bits per heavy atom. The van der Waals surface area contributed by atoms with Gasteiger partial charge in [0.2, 0.25) is 5.28 Å². The lowest BCUT2D eigenvalue weighted by Crippen LogP contribution is -1.98. The molecule has 0 fully saturated rings. The molecule has 0 unspecified atom stereocenters. The standard InChI is InChI=1S/C6H8ClN3S/c7-5-8-6-10(9-5)3-1-2-4-11-6/h1-4H2. The van der Waals surface area contributed by atoms with E-state index in [2.05, 4.69) is 10.1 Å². The SMILES string of the molecule is Clc1nc2n(n1)CCCCS2. The van der Waals surface area contributed by atoms with Gasteiger partial charge in [-0.15, -0.1) is 5.10 Å². The van der Waals surface area contributed by atoms with Gasteiger partial charge in [-0.1, -0.05) is 11.8 Å². The van der Waals surface area contributed by atoms with Crippen LogP contribution in [0.2, 0.25) is 5.28 Å². The number of thioether (sulfide) groups is 1. The highest BCUT2D eigenvalue weighted by Crippen LogP contribution is 2.22. The molecular formula is C6H8ClN3S. The van der Waals surface area contributed by atoms with Crippen LogP contribution in [0.15, 0.2) is 5.16 Å². The van der Waals surface area contributed by atoms with Crippen molar-refractivity contribution in [3.63, 3.8) is 0 Å². The van der Waals surface area contributed by atoms with Crippen LogP contribution >= 0.6 is 23.4 Å². The van der Waals surface area contributed by atoms with Gasteiger partial charge >= 0.3 is 0 Å². The van der Waals surface area contributed by atoms with Crippen LogP contribution in [0.25, 0.3) is 0 Å². The van der Waals surface area contributed by atoms with Gasteiger partial charge in [0, 0.05) is 12.3 Å². The summed E-state index contributed by atoms with van der Waals surface area (Å²) in [6.45, 7) is 0.960. The maximum atomic E-state index is 5.65. The second kappa shape index (κ2) is 3.03. The van der Waals surface area contributed by atoms with E-state index in [9.17, 15) is 0 Å². The van der Waals surface area contributed by atoms with Crippen LogP contribution in [0.5, 0.6) is 0 Å². The van der Waals surface area contributed by atoms with E-state index in [0.717, 1.165) is 17.5 Å². The van der Waals surface area contributed by atoms with E-state index in [-0.39, 0.29) is 0 Å². The second-order valence-corrected chi connectivity index (χ2v) is 3.84. The Bertz CT molecular complexity index is 237. The molecule has 0 saturated carbocycles. The molecule has 0 spiro atoms. The zero-order valence-corrected chi connectivity index (χ0v) is 7.53. The summed E-state index contributed by atoms with van der Waals surface area (Å²) in [5.41, 5.74) is 0. The summed E-state index contributed by atoms with van der Waals surface area (Å²) in [6.07, 6.45) is 2.42. The first kappa shape index (κ1) is 7.43. The van der Waals surface area contributed by atoms with Crippen molar-refractivity contribution in [1.29, 1.82) is 0 Å². The molecule has 60 valence electrons. The molecule has 5 heteroatoms. The first-order valence-corrected chi connectivity index (χ1v) is 4.96. The van der Waals surface area contributed by atoms with Crippen LogP contribution in [0.3, 0.4) is 0 Å². The van der Waals surface area contributed by atoms with Crippen molar-refractivity contribution >= 4 is 23.4 Å². The fourth-order valence-electron chi connectivity index (χ4n) is 1.08. The van der Waals surface area contributed by atoms with Gasteiger partial charge < -0.3 is 0 Å². The average Bonchev–Trinajstić information content (AvgIpc) is 2.17. The predicted molar refractivity (Wildman–Crippen MR) is 45.0 cm³/mol. The molecular weight excluding hydrogens is 182 g/mol. The zero-order valence-electron chi connectivity index (χ0n) is 5.96. The molecule has 0 aliphatic carbocycles. The van der Waals surface area contributed by atoms with E-state index in [1.807, 2.05) is 4.68 Å². The van der Waals surface area contributed by atoms with Gasteiger partial charge in [-0.05, 0) is 24.4 Å². The third-order valence-electron chi connectivity index (χ3n) is 1.61. The lowest BCUT2D eigenvalue weighted by molar-refractivity contribution is 0.539. The van der Waals surface area contributed by atoms with Crippen LogP contribution in [-0.2, 0) is 6.54 Å². The minimum atomic E-state index is 0.370. The summed E-state index contributed by atoms with van der Waals surface area (Å²) in [5, 5.41) is 5.40. The molecule has 0 N–H and O–H groups in total. The number of aromatic nitrogens is 3. The summed E-state index contributed by atoms with van der Waals surface area (Å²) in [4.78, 5) is 4.09. The molecule has 1 aliphatic rings. The zero-order chi connectivity index (χ0) is 7.68. The molecule has 2 heterocycles. The van der Waals surface area contributed by atoms with E-state index in [4.69, 9.17) is 11.6 Å². The molecule has 3 nitrogen and oxygen atoms in total. The molecule has 1 aliphatic heterocycles. The van der Waals surface area contributed by atoms with E-state index in [1.165, 1.54) is 12.8 Å². The summed E-state index contributed by atoms with van der Waals surface area (Å²) < 4.78 is 1.89. The minimum Gasteiger partial charge on any atom is -0.239 e. The van der Waals surface area contributed by atoms with Gasteiger partial charge in [0.1, 0.15) is 0 Å². The summed E-state index contributed by atoms with van der Waals surface area (Å²) in [7, 11) is 0. The van der Waals surface area contributed by atoms with Gasteiger partial charge in [0.25, 0.3) is 0 Å². The van der Waals surface area contributed by atoms with Crippen LogP contribution in [0.4, 0.5) is 0 Å². The number of rotatable bonds is 0. The van der Waals surface area contributed by atoms with Crippen LogP contribution < -0.4 is 0 Å². The van der Waals surface area contributed by atoms with Gasteiger partial charge in [-0.25, -0.2) is 4.68 Å². The lowest BCUT2D eigenvalue weighted by Gasteiger charge is -1.95. The molecule has 0 atom stereocenters. The highest BCUT2D eigenvalue weighted by Gasteiger charge is 2.11. The van der Waals surface area contributed by atoms with Gasteiger partial charge in [0.05, 0.1) is 0 Å². The maximum absolute atomic E-state index is 5.65. The van der Waals surface area contributed by atoms with Crippen LogP contribution in [0, 0.1) is 0 Å². The van der Waals surface area contributed by atoms with Crippen LogP contribution in [-0.4, -0.2) is 20.5 Å². The maximum Gasteiger partial charge on any atom is 0.243 e. The second-order valence-electron chi connectivity index (χ2n) is 2.44. The lowest BCUT2D eigenvalue weighted by atomic mass is 10.3. The van der Waals surface area contributed by atoms with E-state index >= 15 is 0 Å². The normalized spacial score (nSPS) is 17.5. The highest BCUT2D eigenvalue weighted by atomic mass is 35.5. The Morgan fingerprint density at radius 2 is 2.36 bits per heavy atom. The van der Waals surface area contributed by atoms with E-state index < -0.39 is 0 Å². The number of hydrogen-bond acceptors (Lipinski definition) is 3. The molecule has 2 rings (SSSR count). The molecule has 0 radical (unpaired) electrons. The van der Waals surface area contributed by atoms with Crippen molar-refractivity contribution in [3.05, 3.63) is 5.28 Å². The largest absolute Gasteiger partial charge is 0.243 e. The molecule has 11 heavy (non-hydrogen) atoms. The summed E-state index contributed by atoms with van der Waals surface area (Å²) in [6, 6.07) is 0. The summed E-state index contributed by atoms with van der Waals surface area (Å²) in [5.74, 6) is 1.13. The first-order chi connectivity index (χ1) is 5.36. The number of nitrogens with zero attached hydrogens (tertiary/aromatic N) is 3. The monoisotopic (exact) mass is 189 g/mol. The number of halogens is 1. The van der Waals surface area contributed by atoms with E-state index in [1.54, 1.807) is 11.8 Å². The fraction of sp³-hybridized carbons (Fsp3) is 0.667. The van der Waals surface area contributed by atoms with Crippen LogP contribution in [0.1, 0.15) is 12.8 Å². The molecule has 0 amide bonds. The number of aryl methyl sites for hydroxylation is 1. The quantitative estimate of drug-likeness (QED) is 0.624. The Morgan fingerprint density at radius 3 is 3.27 bits per heavy atom. The van der Waals surface area contributed by atoms with Gasteiger partial charge in [-0.2, -0.15) is 4.98 Å². The molecule has 0 aromatic carbocycles. The molecule has 0 bridgehead atoms. The third kappa shape index (κ3) is 1.51. The smallest absolute Gasteiger partial charge is 0.239 e. The summed E-state index contributed by atoms with van der Waals surface area (Å²) >= 11 is 7.38. The van der Waals surface area contributed by atoms with Crippen molar-refractivity contribution in [2.45, 2.75) is 24.5 Å². The Balaban J connectivity index is 2.32.